The normalized spacial score (nSPS) is 16.9. The number of methoxy groups -OCH3 is 1. The first-order valence-corrected chi connectivity index (χ1v) is 6.18. The number of aryl methyl sites for hydroxylation is 1. The number of ether oxygens (including phenoxy) is 1. The van der Waals surface area contributed by atoms with Crippen LogP contribution in [0.2, 0.25) is 5.02 Å². The lowest BCUT2D eigenvalue weighted by molar-refractivity contribution is 0.150. The van der Waals surface area contributed by atoms with Crippen LogP contribution in [0.15, 0.2) is 6.07 Å². The highest BCUT2D eigenvalue weighted by molar-refractivity contribution is 6.32. The fourth-order valence-electron chi connectivity index (χ4n) is 1.96. The molecule has 1 fully saturated rings. The van der Waals surface area contributed by atoms with E-state index in [0.717, 1.165) is 24.8 Å². The molecule has 0 atom stereocenters. The third kappa shape index (κ3) is 2.35. The van der Waals surface area contributed by atoms with Crippen molar-refractivity contribution < 1.29 is 14.9 Å². The van der Waals surface area contributed by atoms with E-state index in [1.54, 1.807) is 6.07 Å². The van der Waals surface area contributed by atoms with E-state index >= 15 is 0 Å². The minimum absolute atomic E-state index is 0.0509. The Labute approximate surface area is 106 Å². The molecular formula is C13H17ClO3. The molecule has 0 spiro atoms. The molecule has 1 aliphatic carbocycles. The van der Waals surface area contributed by atoms with Gasteiger partial charge in [0, 0.05) is 12.0 Å². The number of benzene rings is 1. The Kier molecular flexibility index (Phi) is 3.23. The van der Waals surface area contributed by atoms with E-state index in [-0.39, 0.29) is 5.75 Å². The highest BCUT2D eigenvalue weighted by atomic mass is 35.5. The second-order valence-corrected chi connectivity index (χ2v) is 5.01. The summed E-state index contributed by atoms with van der Waals surface area (Å²) in [6, 6.07) is 1.75. The van der Waals surface area contributed by atoms with E-state index in [1.807, 2.05) is 6.92 Å². The van der Waals surface area contributed by atoms with Crippen molar-refractivity contribution >= 4 is 11.6 Å². The topological polar surface area (TPSA) is 49.7 Å². The first-order chi connectivity index (χ1) is 8.00. The molecule has 2 N–H and O–H groups in total. The number of halogens is 1. The molecule has 1 aliphatic rings. The maximum atomic E-state index is 10.1. The lowest BCUT2D eigenvalue weighted by atomic mass is 10.0. The summed E-state index contributed by atoms with van der Waals surface area (Å²) in [4.78, 5) is 0. The van der Waals surface area contributed by atoms with Gasteiger partial charge >= 0.3 is 0 Å². The zero-order chi connectivity index (χ0) is 12.6. The third-order valence-corrected chi connectivity index (χ3v) is 3.78. The van der Waals surface area contributed by atoms with Crippen molar-refractivity contribution in [2.45, 2.75) is 38.2 Å². The predicted octanol–water partition coefficient (Wildman–Crippen LogP) is 2.68. The number of aromatic hydroxyl groups is 1. The maximum absolute atomic E-state index is 10.1. The first-order valence-electron chi connectivity index (χ1n) is 5.80. The van der Waals surface area contributed by atoms with Gasteiger partial charge in [-0.15, -0.1) is 0 Å². The predicted molar refractivity (Wildman–Crippen MR) is 66.9 cm³/mol. The average Bonchev–Trinajstić information content (AvgIpc) is 3.03. The van der Waals surface area contributed by atoms with Gasteiger partial charge in [0.25, 0.3) is 0 Å². The highest BCUT2D eigenvalue weighted by Crippen LogP contribution is 2.45. The molecule has 0 aliphatic heterocycles. The summed E-state index contributed by atoms with van der Waals surface area (Å²) in [6.45, 7) is 1.99. The minimum Gasteiger partial charge on any atom is -0.504 e. The number of rotatable bonds is 4. The van der Waals surface area contributed by atoms with Gasteiger partial charge in [0.15, 0.2) is 11.5 Å². The van der Waals surface area contributed by atoms with E-state index in [4.69, 9.17) is 16.3 Å². The Hall–Kier alpha value is -0.930. The third-order valence-electron chi connectivity index (χ3n) is 3.31. The first kappa shape index (κ1) is 12.5. The van der Waals surface area contributed by atoms with Crippen molar-refractivity contribution in [3.63, 3.8) is 0 Å². The van der Waals surface area contributed by atoms with E-state index < -0.39 is 5.60 Å². The van der Waals surface area contributed by atoms with Crippen LogP contribution in [0.1, 0.15) is 30.9 Å². The monoisotopic (exact) mass is 256 g/mol. The molecule has 0 radical (unpaired) electrons. The van der Waals surface area contributed by atoms with Crippen LogP contribution in [-0.2, 0) is 12.8 Å². The van der Waals surface area contributed by atoms with Gasteiger partial charge in [-0.25, -0.2) is 0 Å². The molecule has 0 heterocycles. The Balaban J connectivity index is 2.46. The van der Waals surface area contributed by atoms with Gasteiger partial charge in [-0.2, -0.15) is 0 Å². The summed E-state index contributed by atoms with van der Waals surface area (Å²) in [5.41, 5.74) is 0.849. The molecule has 0 bridgehead atoms. The van der Waals surface area contributed by atoms with Gasteiger partial charge in [-0.3, -0.25) is 0 Å². The van der Waals surface area contributed by atoms with Crippen LogP contribution in [0.3, 0.4) is 0 Å². The average molecular weight is 257 g/mol. The van der Waals surface area contributed by atoms with Crippen LogP contribution in [-0.4, -0.2) is 22.9 Å². The summed E-state index contributed by atoms with van der Waals surface area (Å²) in [5, 5.41) is 20.6. The van der Waals surface area contributed by atoms with Crippen LogP contribution in [0.25, 0.3) is 0 Å². The van der Waals surface area contributed by atoms with Gasteiger partial charge in [0.1, 0.15) is 0 Å². The molecule has 1 saturated carbocycles. The SMILES string of the molecule is CCc1cc(OC)c(O)c(CC2(O)CC2)c1Cl. The molecule has 0 aromatic heterocycles. The molecule has 0 saturated heterocycles. The zero-order valence-electron chi connectivity index (χ0n) is 10.1. The highest BCUT2D eigenvalue weighted by Gasteiger charge is 2.41. The molecule has 0 unspecified atom stereocenters. The van der Waals surface area contributed by atoms with Gasteiger partial charge in [-0.1, -0.05) is 18.5 Å². The Morgan fingerprint density at radius 3 is 2.59 bits per heavy atom. The van der Waals surface area contributed by atoms with Gasteiger partial charge in [0.05, 0.1) is 17.7 Å². The molecule has 2 rings (SSSR count). The van der Waals surface area contributed by atoms with Crippen molar-refractivity contribution in [1.29, 1.82) is 0 Å². The molecule has 4 heteroatoms. The van der Waals surface area contributed by atoms with Crippen LogP contribution in [0, 0.1) is 0 Å². The second-order valence-electron chi connectivity index (χ2n) is 4.63. The van der Waals surface area contributed by atoms with Crippen molar-refractivity contribution in [3.05, 3.63) is 22.2 Å². The maximum Gasteiger partial charge on any atom is 0.162 e. The minimum atomic E-state index is -0.682. The molecule has 94 valence electrons. The number of hydrogen-bond donors (Lipinski definition) is 2. The number of phenols is 1. The van der Waals surface area contributed by atoms with Crippen LogP contribution < -0.4 is 4.74 Å². The Bertz CT molecular complexity index is 411. The van der Waals surface area contributed by atoms with Crippen molar-refractivity contribution in [2.75, 3.05) is 7.11 Å². The van der Waals surface area contributed by atoms with E-state index in [9.17, 15) is 10.2 Å². The van der Waals surface area contributed by atoms with Crippen molar-refractivity contribution in [2.24, 2.45) is 0 Å². The molecule has 17 heavy (non-hydrogen) atoms. The smallest absolute Gasteiger partial charge is 0.162 e. The lowest BCUT2D eigenvalue weighted by Gasteiger charge is -2.16. The summed E-state index contributed by atoms with van der Waals surface area (Å²) >= 11 is 6.25. The van der Waals surface area contributed by atoms with Gasteiger partial charge in [-0.05, 0) is 30.9 Å². The van der Waals surface area contributed by atoms with Crippen LogP contribution in [0.4, 0.5) is 0 Å². The van der Waals surface area contributed by atoms with E-state index in [1.165, 1.54) is 7.11 Å². The van der Waals surface area contributed by atoms with Crippen LogP contribution in [0.5, 0.6) is 11.5 Å². The lowest BCUT2D eigenvalue weighted by Crippen LogP contribution is -2.12. The Morgan fingerprint density at radius 1 is 1.47 bits per heavy atom. The summed E-state index contributed by atoms with van der Waals surface area (Å²) < 4.78 is 5.13. The number of hydrogen-bond acceptors (Lipinski definition) is 3. The molecule has 3 nitrogen and oxygen atoms in total. The Morgan fingerprint density at radius 2 is 2.12 bits per heavy atom. The molecular weight excluding hydrogens is 240 g/mol. The summed E-state index contributed by atoms with van der Waals surface area (Å²) in [6.07, 6.45) is 2.69. The number of phenolic OH excluding ortho intramolecular Hbond substituents is 1. The van der Waals surface area contributed by atoms with Gasteiger partial charge < -0.3 is 14.9 Å². The largest absolute Gasteiger partial charge is 0.504 e. The zero-order valence-corrected chi connectivity index (χ0v) is 10.8. The fraction of sp³-hybridized carbons (Fsp3) is 0.538. The summed E-state index contributed by atoms with van der Waals surface area (Å²) in [5.74, 6) is 0.473. The molecule has 1 aromatic carbocycles. The summed E-state index contributed by atoms with van der Waals surface area (Å²) in [7, 11) is 1.51. The molecule has 1 aromatic rings. The van der Waals surface area contributed by atoms with E-state index in [2.05, 4.69) is 0 Å². The molecule has 0 amide bonds. The standard InChI is InChI=1S/C13H17ClO3/c1-3-8-6-10(17-2)12(15)9(11(8)14)7-13(16)4-5-13/h6,15-16H,3-5,7H2,1-2H3. The fourth-order valence-corrected chi connectivity index (χ4v) is 2.31. The quantitative estimate of drug-likeness (QED) is 0.871. The number of aliphatic hydroxyl groups is 1. The van der Waals surface area contributed by atoms with E-state index in [0.29, 0.717) is 22.8 Å². The second kappa shape index (κ2) is 4.39. The van der Waals surface area contributed by atoms with Crippen molar-refractivity contribution in [1.82, 2.24) is 0 Å². The van der Waals surface area contributed by atoms with Crippen molar-refractivity contribution in [3.8, 4) is 11.5 Å². The van der Waals surface area contributed by atoms with Gasteiger partial charge in [0.2, 0.25) is 0 Å². The van der Waals surface area contributed by atoms with Crippen LogP contribution >= 0.6 is 11.6 Å².